The number of aromatic amines is 1. The van der Waals surface area contributed by atoms with Crippen molar-refractivity contribution in [1.82, 2.24) is 25.1 Å². The van der Waals surface area contributed by atoms with Gasteiger partial charge < -0.3 is 9.88 Å². The zero-order chi connectivity index (χ0) is 17.1. The van der Waals surface area contributed by atoms with E-state index in [0.717, 1.165) is 10.9 Å². The highest BCUT2D eigenvalue weighted by Gasteiger charge is 2.16. The minimum absolute atomic E-state index is 0.282. The van der Waals surface area contributed by atoms with E-state index in [4.69, 9.17) is 0 Å². The first-order chi connectivity index (χ1) is 11.6. The van der Waals surface area contributed by atoms with Crippen molar-refractivity contribution in [3.63, 3.8) is 0 Å². The summed E-state index contributed by atoms with van der Waals surface area (Å²) in [7, 11) is 1.90. The van der Waals surface area contributed by atoms with E-state index < -0.39 is 0 Å². The SMILES string of the molecule is CSc1ncc(CNC(=O)c2cn[nH]c2-c2cccc(F)c2)n1C. The molecular weight excluding hydrogens is 329 g/mol. The first kappa shape index (κ1) is 16.3. The Balaban J connectivity index is 1.77. The Labute approximate surface area is 142 Å². The van der Waals surface area contributed by atoms with Crippen LogP contribution in [-0.2, 0) is 13.6 Å². The third-order valence-electron chi connectivity index (χ3n) is 3.65. The van der Waals surface area contributed by atoms with Crippen LogP contribution in [0.5, 0.6) is 0 Å². The van der Waals surface area contributed by atoms with E-state index in [0.29, 0.717) is 23.4 Å². The van der Waals surface area contributed by atoms with Gasteiger partial charge in [-0.25, -0.2) is 9.37 Å². The number of imidazole rings is 1. The molecule has 0 aliphatic heterocycles. The highest BCUT2D eigenvalue weighted by Crippen LogP contribution is 2.22. The van der Waals surface area contributed by atoms with Gasteiger partial charge in [0.15, 0.2) is 5.16 Å². The minimum atomic E-state index is -0.368. The zero-order valence-electron chi connectivity index (χ0n) is 13.2. The molecule has 2 N–H and O–H groups in total. The molecule has 3 rings (SSSR count). The monoisotopic (exact) mass is 345 g/mol. The van der Waals surface area contributed by atoms with Gasteiger partial charge in [0.2, 0.25) is 0 Å². The maximum atomic E-state index is 13.4. The second-order valence-corrected chi connectivity index (χ2v) is 5.92. The number of thioether (sulfide) groups is 1. The second-order valence-electron chi connectivity index (χ2n) is 5.15. The lowest BCUT2D eigenvalue weighted by Gasteiger charge is -2.07. The number of halogens is 1. The van der Waals surface area contributed by atoms with Crippen LogP contribution < -0.4 is 5.32 Å². The van der Waals surface area contributed by atoms with Crippen LogP contribution >= 0.6 is 11.8 Å². The number of H-pyrrole nitrogens is 1. The Kier molecular flexibility index (Phi) is 4.66. The summed E-state index contributed by atoms with van der Waals surface area (Å²) in [6.07, 6.45) is 5.11. The predicted octanol–water partition coefficient (Wildman–Crippen LogP) is 2.60. The molecule has 0 unspecified atom stereocenters. The molecule has 24 heavy (non-hydrogen) atoms. The van der Waals surface area contributed by atoms with Crippen molar-refractivity contribution in [2.75, 3.05) is 6.26 Å². The van der Waals surface area contributed by atoms with Gasteiger partial charge in [0.1, 0.15) is 5.82 Å². The lowest BCUT2D eigenvalue weighted by molar-refractivity contribution is 0.0951. The summed E-state index contributed by atoms with van der Waals surface area (Å²) in [5.74, 6) is -0.650. The largest absolute Gasteiger partial charge is 0.346 e. The number of nitrogens with zero attached hydrogens (tertiary/aromatic N) is 3. The van der Waals surface area contributed by atoms with Gasteiger partial charge in [-0.15, -0.1) is 0 Å². The predicted molar refractivity (Wildman–Crippen MR) is 90.1 cm³/mol. The molecule has 2 heterocycles. The summed E-state index contributed by atoms with van der Waals surface area (Å²) < 4.78 is 15.3. The van der Waals surface area contributed by atoms with E-state index in [2.05, 4.69) is 20.5 Å². The van der Waals surface area contributed by atoms with Crippen LogP contribution in [0.15, 0.2) is 41.8 Å². The number of carbonyl (C=O) groups excluding carboxylic acids is 1. The normalized spacial score (nSPS) is 10.8. The number of carbonyl (C=O) groups is 1. The summed E-state index contributed by atoms with van der Waals surface area (Å²) in [5.41, 5.74) is 2.32. The number of aromatic nitrogens is 4. The molecule has 0 aliphatic rings. The van der Waals surface area contributed by atoms with Crippen molar-refractivity contribution in [3.8, 4) is 11.3 Å². The molecule has 0 saturated carbocycles. The zero-order valence-corrected chi connectivity index (χ0v) is 14.0. The van der Waals surface area contributed by atoms with Crippen molar-refractivity contribution in [2.45, 2.75) is 11.7 Å². The summed E-state index contributed by atoms with van der Waals surface area (Å²) >= 11 is 1.54. The molecular formula is C16H16FN5OS. The van der Waals surface area contributed by atoms with E-state index in [1.165, 1.54) is 30.1 Å². The standard InChI is InChI=1S/C16H16FN5OS/c1-22-12(8-19-16(22)24-2)7-18-15(23)13-9-20-21-14(13)10-4-3-5-11(17)6-10/h3-6,8-9H,7H2,1-2H3,(H,18,23)(H,20,21). The van der Waals surface area contributed by atoms with Gasteiger partial charge in [-0.3, -0.25) is 9.89 Å². The Morgan fingerprint density at radius 2 is 2.25 bits per heavy atom. The second kappa shape index (κ2) is 6.88. The summed E-state index contributed by atoms with van der Waals surface area (Å²) in [6.45, 7) is 0.344. The molecule has 2 aromatic heterocycles. The van der Waals surface area contributed by atoms with Crippen molar-refractivity contribution < 1.29 is 9.18 Å². The van der Waals surface area contributed by atoms with Crippen LogP contribution in [0.3, 0.4) is 0 Å². The average molecular weight is 345 g/mol. The third kappa shape index (κ3) is 3.18. The molecule has 124 valence electrons. The highest BCUT2D eigenvalue weighted by atomic mass is 32.2. The lowest BCUT2D eigenvalue weighted by atomic mass is 10.1. The number of amides is 1. The summed E-state index contributed by atoms with van der Waals surface area (Å²) in [4.78, 5) is 16.7. The summed E-state index contributed by atoms with van der Waals surface area (Å²) in [5, 5.41) is 10.4. The summed E-state index contributed by atoms with van der Waals surface area (Å²) in [6, 6.07) is 6.02. The van der Waals surface area contributed by atoms with Gasteiger partial charge in [0, 0.05) is 12.6 Å². The first-order valence-electron chi connectivity index (χ1n) is 7.22. The van der Waals surface area contributed by atoms with Gasteiger partial charge in [-0.2, -0.15) is 5.10 Å². The number of nitrogens with one attached hydrogen (secondary N) is 2. The molecule has 0 fully saturated rings. The quantitative estimate of drug-likeness (QED) is 0.697. The van der Waals surface area contributed by atoms with Gasteiger partial charge in [0.25, 0.3) is 5.91 Å². The van der Waals surface area contributed by atoms with Crippen molar-refractivity contribution >= 4 is 17.7 Å². The van der Waals surface area contributed by atoms with E-state index in [1.54, 1.807) is 18.3 Å². The first-order valence-corrected chi connectivity index (χ1v) is 8.44. The van der Waals surface area contributed by atoms with Gasteiger partial charge in [-0.05, 0) is 18.4 Å². The molecule has 1 aromatic carbocycles. The van der Waals surface area contributed by atoms with E-state index in [9.17, 15) is 9.18 Å². The van der Waals surface area contributed by atoms with Crippen molar-refractivity contribution in [3.05, 3.63) is 53.7 Å². The number of hydrogen-bond donors (Lipinski definition) is 2. The van der Waals surface area contributed by atoms with E-state index in [1.807, 2.05) is 17.9 Å². The Bertz CT molecular complexity index is 873. The van der Waals surface area contributed by atoms with E-state index >= 15 is 0 Å². The minimum Gasteiger partial charge on any atom is -0.346 e. The average Bonchev–Trinajstić information content (AvgIpc) is 3.19. The number of benzene rings is 1. The molecule has 0 atom stereocenters. The van der Waals surface area contributed by atoms with Gasteiger partial charge in [-0.1, -0.05) is 23.9 Å². The fourth-order valence-corrected chi connectivity index (χ4v) is 2.92. The Morgan fingerprint density at radius 3 is 2.96 bits per heavy atom. The van der Waals surface area contributed by atoms with Crippen molar-refractivity contribution in [1.29, 1.82) is 0 Å². The van der Waals surface area contributed by atoms with E-state index in [-0.39, 0.29) is 11.7 Å². The van der Waals surface area contributed by atoms with Crippen molar-refractivity contribution in [2.24, 2.45) is 7.05 Å². The van der Waals surface area contributed by atoms with Gasteiger partial charge in [0.05, 0.1) is 35.9 Å². The van der Waals surface area contributed by atoms with Crippen LogP contribution in [0.1, 0.15) is 16.1 Å². The molecule has 0 bridgehead atoms. The van der Waals surface area contributed by atoms with Crippen LogP contribution in [-0.4, -0.2) is 31.9 Å². The molecule has 0 spiro atoms. The fourth-order valence-electron chi connectivity index (χ4n) is 2.37. The highest BCUT2D eigenvalue weighted by molar-refractivity contribution is 7.98. The molecule has 0 aliphatic carbocycles. The van der Waals surface area contributed by atoms with Crippen LogP contribution in [0.4, 0.5) is 4.39 Å². The molecule has 0 radical (unpaired) electrons. The van der Waals surface area contributed by atoms with Crippen LogP contribution in [0, 0.1) is 5.82 Å². The molecule has 1 amide bonds. The maximum absolute atomic E-state index is 13.4. The third-order valence-corrected chi connectivity index (χ3v) is 4.40. The Morgan fingerprint density at radius 1 is 1.42 bits per heavy atom. The molecule has 6 nitrogen and oxygen atoms in total. The topological polar surface area (TPSA) is 75.6 Å². The number of rotatable bonds is 5. The molecule has 8 heteroatoms. The van der Waals surface area contributed by atoms with Crippen LogP contribution in [0.2, 0.25) is 0 Å². The lowest BCUT2D eigenvalue weighted by Crippen LogP contribution is -2.24. The fraction of sp³-hybridized carbons (Fsp3) is 0.188. The Hall–Kier alpha value is -2.61. The van der Waals surface area contributed by atoms with Gasteiger partial charge >= 0.3 is 0 Å². The molecule has 0 saturated heterocycles. The molecule has 3 aromatic rings. The number of hydrogen-bond acceptors (Lipinski definition) is 4. The smallest absolute Gasteiger partial charge is 0.255 e. The van der Waals surface area contributed by atoms with Crippen LogP contribution in [0.25, 0.3) is 11.3 Å². The maximum Gasteiger partial charge on any atom is 0.255 e.